The van der Waals surface area contributed by atoms with Gasteiger partial charge in [0.25, 0.3) is 5.56 Å². The minimum absolute atomic E-state index is 0. The Morgan fingerprint density at radius 1 is 1.05 bits per heavy atom. The quantitative estimate of drug-likeness (QED) is 0.264. The molecule has 10 nitrogen and oxygen atoms in total. The summed E-state index contributed by atoms with van der Waals surface area (Å²) in [4.78, 5) is 42.0. The third-order valence-electron chi connectivity index (χ3n) is 7.71. The van der Waals surface area contributed by atoms with Crippen LogP contribution >= 0.6 is 37.2 Å². The Hall–Kier alpha value is -3.86. The molecule has 4 aromatic rings. The number of amides is 1. The van der Waals surface area contributed by atoms with Crippen molar-refractivity contribution in [1.82, 2.24) is 19.5 Å². The zero-order chi connectivity index (χ0) is 29.3. The van der Waals surface area contributed by atoms with E-state index in [4.69, 9.17) is 21.2 Å². The van der Waals surface area contributed by atoms with Crippen molar-refractivity contribution in [1.29, 1.82) is 0 Å². The Labute approximate surface area is 275 Å². The number of fused-ring (bicyclic) bond motifs is 1. The summed E-state index contributed by atoms with van der Waals surface area (Å²) in [6, 6.07) is 13.1. The smallest absolute Gasteiger partial charge is 0.294 e. The summed E-state index contributed by atoms with van der Waals surface area (Å²) in [5.41, 5.74) is 17.5. The van der Waals surface area contributed by atoms with E-state index in [2.05, 4.69) is 9.97 Å². The van der Waals surface area contributed by atoms with E-state index in [1.54, 1.807) is 19.4 Å². The van der Waals surface area contributed by atoms with Crippen molar-refractivity contribution in [2.75, 3.05) is 24.3 Å². The van der Waals surface area contributed by atoms with Crippen LogP contribution in [-0.2, 0) is 17.8 Å². The lowest BCUT2D eigenvalue weighted by atomic mass is 9.92. The highest BCUT2D eigenvalue weighted by Crippen LogP contribution is 2.34. The van der Waals surface area contributed by atoms with Gasteiger partial charge in [0.1, 0.15) is 17.6 Å². The number of halogens is 3. The van der Waals surface area contributed by atoms with E-state index >= 15 is 0 Å². The van der Waals surface area contributed by atoms with Crippen LogP contribution in [0.25, 0.3) is 0 Å². The maximum atomic E-state index is 14.0. The maximum Gasteiger partial charge on any atom is 0.294 e. The van der Waals surface area contributed by atoms with Gasteiger partial charge < -0.3 is 21.1 Å². The predicted octanol–water partition coefficient (Wildman–Crippen LogP) is 4.63. The van der Waals surface area contributed by atoms with Gasteiger partial charge in [-0.1, -0.05) is 24.3 Å². The largest absolute Gasteiger partial charge is 0.496 e. The van der Waals surface area contributed by atoms with E-state index in [9.17, 15) is 9.59 Å². The molecule has 2 atom stereocenters. The Morgan fingerprint density at radius 2 is 1.77 bits per heavy atom. The number of nitrogens with zero attached hydrogens (tertiary/aromatic N) is 5. The summed E-state index contributed by atoms with van der Waals surface area (Å²) in [7, 11) is 1.65. The normalized spacial score (nSPS) is 13.9. The van der Waals surface area contributed by atoms with Gasteiger partial charge in [-0.3, -0.25) is 19.1 Å². The van der Waals surface area contributed by atoms with Gasteiger partial charge >= 0.3 is 0 Å². The van der Waals surface area contributed by atoms with Crippen molar-refractivity contribution in [3.63, 3.8) is 0 Å². The summed E-state index contributed by atoms with van der Waals surface area (Å²) in [6.07, 6.45) is 4.55. The number of primary amides is 1. The van der Waals surface area contributed by atoms with Gasteiger partial charge in [0.05, 0.1) is 7.11 Å². The molecule has 1 aliphatic heterocycles. The first-order chi connectivity index (χ1) is 19.7. The van der Waals surface area contributed by atoms with Crippen LogP contribution in [0.4, 0.5) is 11.6 Å². The molecule has 3 aromatic heterocycles. The van der Waals surface area contributed by atoms with E-state index in [1.165, 1.54) is 4.57 Å². The fourth-order valence-corrected chi connectivity index (χ4v) is 5.49. The summed E-state index contributed by atoms with van der Waals surface area (Å²) >= 11 is 0. The topological polar surface area (TPSA) is 142 Å². The van der Waals surface area contributed by atoms with Crippen molar-refractivity contribution in [2.45, 2.75) is 52.1 Å². The van der Waals surface area contributed by atoms with Gasteiger partial charge in [0.2, 0.25) is 5.91 Å². The molecule has 1 aliphatic rings. The zero-order valence-electron chi connectivity index (χ0n) is 25.0. The molecule has 0 spiro atoms. The fraction of sp³-hybridized carbons (Fsp3) is 0.323. The highest BCUT2D eigenvalue weighted by atomic mass is 35.5. The number of hydrogen-bond acceptors (Lipinski definition) is 8. The van der Waals surface area contributed by atoms with E-state index in [0.29, 0.717) is 37.4 Å². The molecule has 4 heterocycles. The molecule has 1 amide bonds. The third-order valence-corrected chi connectivity index (χ3v) is 7.71. The van der Waals surface area contributed by atoms with Crippen molar-refractivity contribution < 1.29 is 9.53 Å². The first kappa shape index (κ1) is 36.3. The van der Waals surface area contributed by atoms with Crippen LogP contribution in [0.2, 0.25) is 0 Å². The Bertz CT molecular complexity index is 1660. The molecule has 0 aliphatic carbocycles. The summed E-state index contributed by atoms with van der Waals surface area (Å²) in [5, 5.41) is 0. The van der Waals surface area contributed by atoms with Crippen molar-refractivity contribution in [3.8, 4) is 5.75 Å². The van der Waals surface area contributed by atoms with Crippen molar-refractivity contribution in [3.05, 3.63) is 105 Å². The van der Waals surface area contributed by atoms with E-state index in [0.717, 1.165) is 39.4 Å². The van der Waals surface area contributed by atoms with E-state index in [1.807, 2.05) is 68.3 Å². The first-order valence-corrected chi connectivity index (χ1v) is 13.6. The molecule has 44 heavy (non-hydrogen) atoms. The number of ether oxygens (including phenoxy) is 1. The number of anilines is 2. The standard InChI is InChI=1S/C31H35N7O3.3ClH/c1-18-5-9-23(27(13-18)41-4)24(25-10-6-19(2)14-34-25)17-37(16-21-7-12-28(32)36-20(21)3)30-31(40)38-22(15-35-30)8-11-26(38)29(33)39;;;/h5-7,9-10,12-15,24,26H,8,11,16-17H2,1-4H3,(H2,32,36)(H2,33,39);3*1H/t24-,26-;;;/m0.../s1. The lowest BCUT2D eigenvalue weighted by molar-refractivity contribution is -0.121. The monoisotopic (exact) mass is 661 g/mol. The van der Waals surface area contributed by atoms with Gasteiger partial charge in [-0.25, -0.2) is 9.97 Å². The molecular formula is C31H38Cl3N7O3. The van der Waals surface area contributed by atoms with Gasteiger partial charge in [-0.05, 0) is 68.5 Å². The zero-order valence-corrected chi connectivity index (χ0v) is 27.5. The van der Waals surface area contributed by atoms with Crippen LogP contribution in [0.1, 0.15) is 57.7 Å². The van der Waals surface area contributed by atoms with Gasteiger partial charge in [0.15, 0.2) is 5.82 Å². The molecule has 0 radical (unpaired) electrons. The van der Waals surface area contributed by atoms with Gasteiger partial charge in [-0.2, -0.15) is 0 Å². The molecule has 13 heteroatoms. The number of benzene rings is 1. The average molecular weight is 663 g/mol. The summed E-state index contributed by atoms with van der Waals surface area (Å²) in [5.74, 6) is 0.569. The molecule has 1 aromatic carbocycles. The van der Waals surface area contributed by atoms with Crippen LogP contribution in [0.15, 0.2) is 59.7 Å². The maximum absolute atomic E-state index is 14.0. The highest BCUT2D eigenvalue weighted by molar-refractivity contribution is 5.86. The number of hydrogen-bond donors (Lipinski definition) is 2. The number of rotatable bonds is 9. The predicted molar refractivity (Wildman–Crippen MR) is 180 cm³/mol. The number of nitrogens with two attached hydrogens (primary N) is 2. The first-order valence-electron chi connectivity index (χ1n) is 13.6. The average Bonchev–Trinajstić information content (AvgIpc) is 3.39. The summed E-state index contributed by atoms with van der Waals surface area (Å²) < 4.78 is 7.31. The Balaban J connectivity index is 0.00000225. The summed E-state index contributed by atoms with van der Waals surface area (Å²) in [6.45, 7) is 6.57. The van der Waals surface area contributed by atoms with Gasteiger partial charge in [-0.15, -0.1) is 37.2 Å². The van der Waals surface area contributed by atoms with Crippen LogP contribution < -0.4 is 26.7 Å². The molecule has 0 saturated heterocycles. The molecule has 0 saturated carbocycles. The molecule has 236 valence electrons. The van der Waals surface area contributed by atoms with E-state index in [-0.39, 0.29) is 54.5 Å². The lowest BCUT2D eigenvalue weighted by Gasteiger charge is -2.30. The second-order valence-corrected chi connectivity index (χ2v) is 10.6. The molecule has 0 unspecified atom stereocenters. The van der Waals surface area contributed by atoms with Crippen LogP contribution in [-0.4, -0.2) is 39.1 Å². The van der Waals surface area contributed by atoms with Crippen LogP contribution in [0.3, 0.4) is 0 Å². The second kappa shape index (κ2) is 15.2. The fourth-order valence-electron chi connectivity index (χ4n) is 5.49. The number of aryl methyl sites for hydroxylation is 4. The second-order valence-electron chi connectivity index (χ2n) is 10.6. The number of carbonyl (C=O) groups excluding carboxylic acids is 1. The number of carbonyl (C=O) groups is 1. The van der Waals surface area contributed by atoms with Crippen molar-refractivity contribution >= 4 is 54.8 Å². The molecule has 0 bridgehead atoms. The minimum atomic E-state index is -0.701. The molecular weight excluding hydrogens is 625 g/mol. The molecule has 4 N–H and O–H groups in total. The lowest BCUT2D eigenvalue weighted by Crippen LogP contribution is -2.39. The van der Waals surface area contributed by atoms with Crippen molar-refractivity contribution in [2.24, 2.45) is 5.73 Å². The third kappa shape index (κ3) is 7.43. The number of nitrogen functional groups attached to an aromatic ring is 1. The van der Waals surface area contributed by atoms with Gasteiger partial charge in [0, 0.05) is 54.0 Å². The highest BCUT2D eigenvalue weighted by Gasteiger charge is 2.32. The van der Waals surface area contributed by atoms with Crippen LogP contribution in [0, 0.1) is 20.8 Å². The Morgan fingerprint density at radius 3 is 2.41 bits per heavy atom. The van der Waals surface area contributed by atoms with E-state index < -0.39 is 11.9 Å². The number of aromatic nitrogens is 4. The molecule has 5 rings (SSSR count). The minimum Gasteiger partial charge on any atom is -0.496 e. The Kier molecular flexibility index (Phi) is 12.6. The number of pyridine rings is 2. The SMILES string of the molecule is COc1cc(C)ccc1[C@H](CN(Cc1ccc(N)nc1C)c1ncc2n(c1=O)[C@H](C(N)=O)CC2)c1ccc(C)cn1.Cl.Cl.Cl. The number of methoxy groups -OCH3 is 1. The van der Waals surface area contributed by atoms with Crippen LogP contribution in [0.5, 0.6) is 5.75 Å². The molecule has 0 fully saturated rings.